The van der Waals surface area contributed by atoms with E-state index in [0.29, 0.717) is 5.92 Å². The minimum absolute atomic E-state index is 0.643. The van der Waals surface area contributed by atoms with E-state index in [4.69, 9.17) is 10.1 Å². The lowest BCUT2D eigenvalue weighted by Crippen LogP contribution is -2.03. The maximum atomic E-state index is 4.93. The molecule has 2 aromatic carbocycles. The van der Waals surface area contributed by atoms with Gasteiger partial charge in [0.15, 0.2) is 5.82 Å². The van der Waals surface area contributed by atoms with Gasteiger partial charge in [0.25, 0.3) is 0 Å². The Hall–Kier alpha value is -3.74. The molecule has 0 atom stereocenters. The highest BCUT2D eigenvalue weighted by molar-refractivity contribution is 5.84. The average molecular weight is 450 g/mol. The molecule has 7 heteroatoms. The van der Waals surface area contributed by atoms with Crippen molar-refractivity contribution >= 4 is 10.9 Å². The molecular formula is C27H27N7. The Kier molecular flexibility index (Phi) is 4.43. The van der Waals surface area contributed by atoms with Crippen LogP contribution in [0.5, 0.6) is 0 Å². The summed E-state index contributed by atoms with van der Waals surface area (Å²) in [5, 5.41) is 21.2. The molecule has 3 heterocycles. The number of aryl methyl sites for hydroxylation is 2. The molecule has 0 saturated heterocycles. The highest BCUT2D eigenvalue weighted by Crippen LogP contribution is 2.45. The number of nitrogens with one attached hydrogen (secondary N) is 2. The van der Waals surface area contributed by atoms with Crippen LogP contribution in [-0.4, -0.2) is 35.2 Å². The number of aromatic amines is 2. The Labute approximate surface area is 197 Å². The topological polar surface area (TPSA) is 88.1 Å². The second-order valence-electron chi connectivity index (χ2n) is 9.71. The number of fused-ring (bicyclic) bond motifs is 2. The number of aromatic nitrogens is 7. The van der Waals surface area contributed by atoms with Gasteiger partial charge >= 0.3 is 0 Å². The van der Waals surface area contributed by atoms with Gasteiger partial charge in [0, 0.05) is 41.2 Å². The van der Waals surface area contributed by atoms with Crippen molar-refractivity contribution in [1.82, 2.24) is 35.2 Å². The van der Waals surface area contributed by atoms with Crippen molar-refractivity contribution in [1.29, 1.82) is 0 Å². The SMILES string of the molecule is Cn1nc(-c2ccc(-c3n[nH]c4c3CCCC4)cc2)nc1Cc1ccc2[nH]ncc2c1C1CC1. The summed E-state index contributed by atoms with van der Waals surface area (Å²) >= 11 is 0. The van der Waals surface area contributed by atoms with Gasteiger partial charge in [0.1, 0.15) is 5.82 Å². The number of hydrogen-bond acceptors (Lipinski definition) is 4. The molecule has 1 fully saturated rings. The monoisotopic (exact) mass is 449 g/mol. The van der Waals surface area contributed by atoms with Crippen molar-refractivity contribution in [3.05, 3.63) is 70.8 Å². The van der Waals surface area contributed by atoms with Gasteiger partial charge < -0.3 is 0 Å². The van der Waals surface area contributed by atoms with E-state index >= 15 is 0 Å². The molecule has 5 aromatic rings. The summed E-state index contributed by atoms with van der Waals surface area (Å²) in [6.07, 6.45) is 9.96. The van der Waals surface area contributed by atoms with Crippen LogP contribution in [0.4, 0.5) is 0 Å². The van der Waals surface area contributed by atoms with Crippen molar-refractivity contribution in [2.24, 2.45) is 7.05 Å². The lowest BCUT2D eigenvalue weighted by atomic mass is 9.93. The van der Waals surface area contributed by atoms with Crippen molar-refractivity contribution < 1.29 is 0 Å². The summed E-state index contributed by atoms with van der Waals surface area (Å²) in [6, 6.07) is 12.9. The third kappa shape index (κ3) is 3.26. The van der Waals surface area contributed by atoms with E-state index in [2.05, 4.69) is 56.8 Å². The predicted molar refractivity (Wildman–Crippen MR) is 132 cm³/mol. The first-order chi connectivity index (χ1) is 16.7. The van der Waals surface area contributed by atoms with Crippen molar-refractivity contribution in [3.63, 3.8) is 0 Å². The molecule has 2 aliphatic rings. The molecule has 0 radical (unpaired) electrons. The number of hydrogen-bond donors (Lipinski definition) is 2. The van der Waals surface area contributed by atoms with Crippen LogP contribution in [-0.2, 0) is 26.3 Å². The minimum Gasteiger partial charge on any atom is -0.282 e. The smallest absolute Gasteiger partial charge is 0.181 e. The molecule has 7 rings (SSSR count). The number of nitrogens with zero attached hydrogens (tertiary/aromatic N) is 5. The lowest BCUT2D eigenvalue weighted by Gasteiger charge is -2.11. The molecule has 0 unspecified atom stereocenters. The summed E-state index contributed by atoms with van der Waals surface area (Å²) in [4.78, 5) is 4.93. The minimum atomic E-state index is 0.643. The van der Waals surface area contributed by atoms with Gasteiger partial charge in [-0.15, -0.1) is 0 Å². The fourth-order valence-electron chi connectivity index (χ4n) is 5.45. The lowest BCUT2D eigenvalue weighted by molar-refractivity contribution is 0.675. The standard InChI is InChI=1S/C27H27N7/c1-34-24(14-19-12-13-23-21(15-28-30-23)25(19)16-6-7-16)29-27(33-34)18-10-8-17(9-11-18)26-20-4-2-3-5-22(20)31-32-26/h8-13,15-16H,2-7,14H2,1H3,(H,28,30)(H,31,32). The summed E-state index contributed by atoms with van der Waals surface area (Å²) in [7, 11) is 1.99. The summed E-state index contributed by atoms with van der Waals surface area (Å²) in [5.74, 6) is 2.39. The van der Waals surface area contributed by atoms with Crippen LogP contribution in [0.3, 0.4) is 0 Å². The number of rotatable bonds is 5. The quantitative estimate of drug-likeness (QED) is 0.391. The van der Waals surface area contributed by atoms with Gasteiger partial charge in [-0.1, -0.05) is 30.3 Å². The third-order valence-corrected chi connectivity index (χ3v) is 7.42. The number of benzene rings is 2. The van der Waals surface area contributed by atoms with Crippen LogP contribution in [0.15, 0.2) is 42.6 Å². The molecule has 0 aliphatic heterocycles. The Balaban J connectivity index is 1.18. The molecule has 0 spiro atoms. The normalized spacial score (nSPS) is 15.7. The van der Waals surface area contributed by atoms with E-state index in [1.54, 1.807) is 0 Å². The van der Waals surface area contributed by atoms with Crippen LogP contribution >= 0.6 is 0 Å². The molecule has 7 nitrogen and oxygen atoms in total. The first-order valence-corrected chi connectivity index (χ1v) is 12.3. The van der Waals surface area contributed by atoms with Gasteiger partial charge in [-0.2, -0.15) is 15.3 Å². The van der Waals surface area contributed by atoms with Crippen molar-refractivity contribution in [3.8, 4) is 22.6 Å². The largest absolute Gasteiger partial charge is 0.282 e. The van der Waals surface area contributed by atoms with Crippen LogP contribution in [0.2, 0.25) is 0 Å². The summed E-state index contributed by atoms with van der Waals surface area (Å²) < 4.78 is 1.92. The Morgan fingerprint density at radius 3 is 2.65 bits per heavy atom. The predicted octanol–water partition coefficient (Wildman–Crippen LogP) is 5.10. The van der Waals surface area contributed by atoms with Crippen LogP contribution in [0.1, 0.15) is 59.8 Å². The third-order valence-electron chi connectivity index (χ3n) is 7.42. The molecule has 170 valence electrons. The maximum Gasteiger partial charge on any atom is 0.181 e. The zero-order valence-electron chi connectivity index (χ0n) is 19.3. The second-order valence-corrected chi connectivity index (χ2v) is 9.71. The number of H-pyrrole nitrogens is 2. The molecule has 0 bridgehead atoms. The van der Waals surface area contributed by atoms with E-state index in [0.717, 1.165) is 53.2 Å². The average Bonchev–Trinajstić information content (AvgIpc) is 3.25. The Bertz CT molecular complexity index is 1500. The van der Waals surface area contributed by atoms with Gasteiger partial charge in [-0.3, -0.25) is 14.9 Å². The summed E-state index contributed by atoms with van der Waals surface area (Å²) in [6.45, 7) is 0. The Morgan fingerprint density at radius 2 is 1.79 bits per heavy atom. The van der Waals surface area contributed by atoms with Gasteiger partial charge in [-0.05, 0) is 61.6 Å². The first-order valence-electron chi connectivity index (χ1n) is 12.3. The van der Waals surface area contributed by atoms with Gasteiger partial charge in [-0.25, -0.2) is 4.98 Å². The van der Waals surface area contributed by atoms with Gasteiger partial charge in [0.05, 0.1) is 17.4 Å². The maximum absolute atomic E-state index is 4.93. The zero-order chi connectivity index (χ0) is 22.6. The van der Waals surface area contributed by atoms with Crippen LogP contribution in [0.25, 0.3) is 33.5 Å². The van der Waals surface area contributed by atoms with E-state index < -0.39 is 0 Å². The molecule has 0 amide bonds. The fraction of sp³-hybridized carbons (Fsp3) is 0.333. The highest BCUT2D eigenvalue weighted by atomic mass is 15.3. The second kappa shape index (κ2) is 7.65. The molecule has 2 N–H and O–H groups in total. The molecule has 1 saturated carbocycles. The highest BCUT2D eigenvalue weighted by Gasteiger charge is 2.29. The van der Waals surface area contributed by atoms with Crippen LogP contribution < -0.4 is 0 Å². The Morgan fingerprint density at radius 1 is 0.971 bits per heavy atom. The molecular weight excluding hydrogens is 422 g/mol. The van der Waals surface area contributed by atoms with Crippen molar-refractivity contribution in [2.45, 2.75) is 50.9 Å². The van der Waals surface area contributed by atoms with E-state index in [1.807, 2.05) is 17.9 Å². The molecule has 2 aliphatic carbocycles. The van der Waals surface area contributed by atoms with Crippen molar-refractivity contribution in [2.75, 3.05) is 0 Å². The molecule has 34 heavy (non-hydrogen) atoms. The zero-order valence-corrected chi connectivity index (χ0v) is 19.3. The van der Waals surface area contributed by atoms with E-state index in [9.17, 15) is 0 Å². The van der Waals surface area contributed by atoms with Gasteiger partial charge in [0.2, 0.25) is 0 Å². The van der Waals surface area contributed by atoms with E-state index in [-0.39, 0.29) is 0 Å². The fourth-order valence-corrected chi connectivity index (χ4v) is 5.45. The molecule has 3 aromatic heterocycles. The van der Waals surface area contributed by atoms with Crippen LogP contribution in [0, 0.1) is 0 Å². The summed E-state index contributed by atoms with van der Waals surface area (Å²) in [5.41, 5.74) is 9.85. The van der Waals surface area contributed by atoms with E-state index in [1.165, 1.54) is 53.5 Å². The first kappa shape index (κ1) is 19.7.